The number of ether oxygens (including phenoxy) is 1. The summed E-state index contributed by atoms with van der Waals surface area (Å²) in [5.74, 6) is -0.964. The van der Waals surface area contributed by atoms with E-state index in [-0.39, 0.29) is 11.6 Å². The second-order valence-corrected chi connectivity index (χ2v) is 6.77. The van der Waals surface area contributed by atoms with Crippen LogP contribution in [0.15, 0.2) is 22.9 Å². The van der Waals surface area contributed by atoms with E-state index in [1.165, 1.54) is 24.9 Å². The zero-order valence-corrected chi connectivity index (χ0v) is 15.0. The number of esters is 1. The predicted molar refractivity (Wildman–Crippen MR) is 90.3 cm³/mol. The normalized spacial score (nSPS) is 20.1. The van der Waals surface area contributed by atoms with Crippen LogP contribution in [0.5, 0.6) is 0 Å². The smallest absolute Gasteiger partial charge is 0.340 e. The number of rotatable bonds is 4. The number of hydrogen-bond acceptors (Lipinski definition) is 5. The van der Waals surface area contributed by atoms with Crippen molar-refractivity contribution >= 4 is 33.8 Å². The van der Waals surface area contributed by atoms with Crippen molar-refractivity contribution in [3.8, 4) is 0 Å². The molecule has 2 N–H and O–H groups in total. The van der Waals surface area contributed by atoms with Crippen molar-refractivity contribution in [1.29, 1.82) is 0 Å². The molecule has 7 nitrogen and oxygen atoms in total. The Kier molecular flexibility index (Phi) is 6.72. The van der Waals surface area contributed by atoms with Gasteiger partial charge in [0.25, 0.3) is 5.91 Å². The fraction of sp³-hybridized carbons (Fsp3) is 0.500. The lowest BCUT2D eigenvalue weighted by Crippen LogP contribution is -2.48. The standard InChI is InChI=1S/C16H20BrN3O4/c1-10-4-2-3-5-13(10)19-16(23)20-14(21)9-24-15(22)11-6-12(17)8-18-7-11/h6-8,10,13H,2-5,9H2,1H3,(H2,19,20,21,23)/t10-,13-/m0/s1. The summed E-state index contributed by atoms with van der Waals surface area (Å²) < 4.78 is 5.49. The Morgan fingerprint density at radius 1 is 1.29 bits per heavy atom. The van der Waals surface area contributed by atoms with Crippen LogP contribution in [0.4, 0.5) is 4.79 Å². The minimum absolute atomic E-state index is 0.0712. The molecule has 24 heavy (non-hydrogen) atoms. The topological polar surface area (TPSA) is 97.4 Å². The van der Waals surface area contributed by atoms with Gasteiger partial charge in [-0.05, 0) is 40.8 Å². The first-order valence-electron chi connectivity index (χ1n) is 7.83. The highest BCUT2D eigenvalue weighted by molar-refractivity contribution is 9.10. The third kappa shape index (κ3) is 5.59. The number of pyridine rings is 1. The van der Waals surface area contributed by atoms with Gasteiger partial charge in [-0.3, -0.25) is 15.1 Å². The van der Waals surface area contributed by atoms with Gasteiger partial charge in [-0.15, -0.1) is 0 Å². The third-order valence-corrected chi connectivity index (χ3v) is 4.39. The summed E-state index contributed by atoms with van der Waals surface area (Å²) >= 11 is 3.19. The maximum absolute atomic E-state index is 11.8. The third-order valence-electron chi connectivity index (χ3n) is 3.96. The SMILES string of the molecule is C[C@H]1CCCC[C@@H]1NC(=O)NC(=O)COC(=O)c1cncc(Br)c1. The van der Waals surface area contributed by atoms with Gasteiger partial charge in [0.05, 0.1) is 5.56 Å². The molecule has 0 bridgehead atoms. The summed E-state index contributed by atoms with van der Waals surface area (Å²) in [7, 11) is 0. The number of hydrogen-bond donors (Lipinski definition) is 2. The van der Waals surface area contributed by atoms with Crippen LogP contribution in [0.1, 0.15) is 43.0 Å². The van der Waals surface area contributed by atoms with E-state index in [0.717, 1.165) is 19.3 Å². The van der Waals surface area contributed by atoms with Crippen LogP contribution in [0, 0.1) is 5.92 Å². The molecule has 3 amide bonds. The largest absolute Gasteiger partial charge is 0.452 e. The predicted octanol–water partition coefficient (Wildman–Crippen LogP) is 2.41. The fourth-order valence-corrected chi connectivity index (χ4v) is 3.00. The summed E-state index contributed by atoms with van der Waals surface area (Å²) in [4.78, 5) is 39.2. The molecule has 0 spiro atoms. The van der Waals surface area contributed by atoms with Crippen LogP contribution in [-0.4, -0.2) is 35.5 Å². The second-order valence-electron chi connectivity index (χ2n) is 5.86. The van der Waals surface area contributed by atoms with E-state index in [2.05, 4.69) is 38.5 Å². The van der Waals surface area contributed by atoms with Crippen LogP contribution in [-0.2, 0) is 9.53 Å². The molecule has 0 aromatic carbocycles. The van der Waals surface area contributed by atoms with Crippen molar-refractivity contribution in [2.24, 2.45) is 5.92 Å². The number of aromatic nitrogens is 1. The first kappa shape index (κ1) is 18.4. The molecule has 1 aromatic rings. The number of amides is 3. The molecule has 1 saturated carbocycles. The van der Waals surface area contributed by atoms with Crippen LogP contribution < -0.4 is 10.6 Å². The van der Waals surface area contributed by atoms with Crippen molar-refractivity contribution in [2.45, 2.75) is 38.6 Å². The molecule has 2 atom stereocenters. The molecule has 0 saturated heterocycles. The van der Waals surface area contributed by atoms with Gasteiger partial charge in [-0.25, -0.2) is 9.59 Å². The average Bonchev–Trinajstić information content (AvgIpc) is 2.54. The van der Waals surface area contributed by atoms with Gasteiger partial charge in [-0.1, -0.05) is 19.8 Å². The van der Waals surface area contributed by atoms with E-state index in [1.807, 2.05) is 0 Å². The summed E-state index contributed by atoms with van der Waals surface area (Å²) in [5, 5.41) is 4.97. The van der Waals surface area contributed by atoms with E-state index < -0.39 is 24.5 Å². The Bertz CT molecular complexity index is 623. The lowest BCUT2D eigenvalue weighted by atomic mass is 9.86. The molecule has 1 aliphatic carbocycles. The number of imide groups is 1. The Morgan fingerprint density at radius 2 is 2.04 bits per heavy atom. The van der Waals surface area contributed by atoms with Gasteiger partial charge in [0.15, 0.2) is 6.61 Å². The van der Waals surface area contributed by atoms with E-state index in [9.17, 15) is 14.4 Å². The number of nitrogens with one attached hydrogen (secondary N) is 2. The summed E-state index contributed by atoms with van der Waals surface area (Å²) in [5.41, 5.74) is 0.220. The Balaban J connectivity index is 1.74. The number of carbonyl (C=O) groups is 3. The molecule has 1 aliphatic rings. The average molecular weight is 398 g/mol. The van der Waals surface area contributed by atoms with Crippen molar-refractivity contribution in [3.63, 3.8) is 0 Å². The summed E-state index contributed by atoms with van der Waals surface area (Å²) in [6.45, 7) is 1.55. The molecule has 0 aliphatic heterocycles. The van der Waals surface area contributed by atoms with Gasteiger partial charge < -0.3 is 10.1 Å². The molecule has 1 fully saturated rings. The maximum atomic E-state index is 11.8. The van der Waals surface area contributed by atoms with E-state index in [1.54, 1.807) is 0 Å². The van der Waals surface area contributed by atoms with Crippen LogP contribution in [0.25, 0.3) is 0 Å². The van der Waals surface area contributed by atoms with Crippen molar-refractivity contribution in [1.82, 2.24) is 15.6 Å². The van der Waals surface area contributed by atoms with Gasteiger partial charge >= 0.3 is 12.0 Å². The van der Waals surface area contributed by atoms with Gasteiger partial charge in [-0.2, -0.15) is 0 Å². The molecule has 0 unspecified atom stereocenters. The molecule has 1 aromatic heterocycles. The zero-order valence-electron chi connectivity index (χ0n) is 13.4. The van der Waals surface area contributed by atoms with Crippen LogP contribution in [0.3, 0.4) is 0 Å². The van der Waals surface area contributed by atoms with Gasteiger partial charge in [0.1, 0.15) is 0 Å². The molecule has 8 heteroatoms. The zero-order chi connectivity index (χ0) is 17.5. The van der Waals surface area contributed by atoms with Crippen molar-refractivity contribution in [3.05, 3.63) is 28.5 Å². The Morgan fingerprint density at radius 3 is 2.75 bits per heavy atom. The number of nitrogens with zero attached hydrogens (tertiary/aromatic N) is 1. The van der Waals surface area contributed by atoms with E-state index in [4.69, 9.17) is 4.74 Å². The van der Waals surface area contributed by atoms with Crippen molar-refractivity contribution in [2.75, 3.05) is 6.61 Å². The monoisotopic (exact) mass is 397 g/mol. The van der Waals surface area contributed by atoms with E-state index in [0.29, 0.717) is 10.4 Å². The minimum atomic E-state index is -0.680. The minimum Gasteiger partial charge on any atom is -0.452 e. The Hall–Kier alpha value is -1.96. The lowest BCUT2D eigenvalue weighted by molar-refractivity contribution is -0.123. The molecular formula is C16H20BrN3O4. The first-order valence-corrected chi connectivity index (χ1v) is 8.63. The fourth-order valence-electron chi connectivity index (χ4n) is 2.64. The Labute approximate surface area is 148 Å². The summed E-state index contributed by atoms with van der Waals surface area (Å²) in [6.07, 6.45) is 7.08. The number of carbonyl (C=O) groups excluding carboxylic acids is 3. The number of halogens is 1. The molecule has 1 heterocycles. The van der Waals surface area contributed by atoms with Gasteiger partial charge in [0, 0.05) is 22.9 Å². The molecule has 130 valence electrons. The van der Waals surface area contributed by atoms with Crippen molar-refractivity contribution < 1.29 is 19.1 Å². The highest BCUT2D eigenvalue weighted by Gasteiger charge is 2.23. The first-order chi connectivity index (χ1) is 11.5. The van der Waals surface area contributed by atoms with E-state index >= 15 is 0 Å². The highest BCUT2D eigenvalue weighted by Crippen LogP contribution is 2.23. The summed E-state index contributed by atoms with van der Waals surface area (Å²) in [6, 6.07) is 1.05. The number of urea groups is 1. The quantitative estimate of drug-likeness (QED) is 0.760. The highest BCUT2D eigenvalue weighted by atomic mass is 79.9. The molecule has 2 rings (SSSR count). The molecular weight excluding hydrogens is 378 g/mol. The second kappa shape index (κ2) is 8.77. The van der Waals surface area contributed by atoms with Crippen LogP contribution in [0.2, 0.25) is 0 Å². The lowest BCUT2D eigenvalue weighted by Gasteiger charge is -2.29. The molecule has 0 radical (unpaired) electrons. The van der Waals surface area contributed by atoms with Crippen LogP contribution >= 0.6 is 15.9 Å². The van der Waals surface area contributed by atoms with Gasteiger partial charge in [0.2, 0.25) is 0 Å². The maximum Gasteiger partial charge on any atom is 0.340 e.